The molecule has 1 aromatic heterocycles. The predicted molar refractivity (Wildman–Crippen MR) is 79.0 cm³/mol. The minimum absolute atomic E-state index is 0.174. The Hall–Kier alpha value is -1.88. The molecule has 0 aliphatic heterocycles. The fraction of sp³-hybridized carbons (Fsp3) is 0.357. The Balaban J connectivity index is 2.35. The van der Waals surface area contributed by atoms with Crippen LogP contribution in [0.15, 0.2) is 24.3 Å². The van der Waals surface area contributed by atoms with Crippen molar-refractivity contribution in [3.05, 3.63) is 30.1 Å². The summed E-state index contributed by atoms with van der Waals surface area (Å²) in [5.74, 6) is 1.03. The number of hydrogen-bond acceptors (Lipinski definition) is 4. The van der Waals surface area contributed by atoms with Crippen LogP contribution in [0.4, 0.5) is 10.6 Å². The number of alkyl halides is 1. The van der Waals surface area contributed by atoms with Crippen molar-refractivity contribution in [3.8, 4) is 0 Å². The first-order valence-corrected chi connectivity index (χ1v) is 6.74. The lowest BCUT2D eigenvalue weighted by Gasteiger charge is -2.19. The minimum atomic E-state index is -0.567. The molecule has 1 N–H and O–H groups in total. The van der Waals surface area contributed by atoms with Crippen LogP contribution >= 0.6 is 11.6 Å². The number of carbonyl (C=O) groups excluding carboxylic acids is 1. The van der Waals surface area contributed by atoms with E-state index in [1.165, 1.54) is 0 Å². The van der Waals surface area contributed by atoms with E-state index in [1.54, 1.807) is 20.8 Å². The van der Waals surface area contributed by atoms with Crippen LogP contribution in [-0.2, 0) is 10.6 Å². The van der Waals surface area contributed by atoms with Crippen LogP contribution in [0.5, 0.6) is 0 Å². The molecule has 6 heteroatoms. The third-order valence-electron chi connectivity index (χ3n) is 2.39. The van der Waals surface area contributed by atoms with Gasteiger partial charge < -0.3 is 4.74 Å². The van der Waals surface area contributed by atoms with E-state index in [4.69, 9.17) is 16.3 Å². The van der Waals surface area contributed by atoms with E-state index >= 15 is 0 Å². The van der Waals surface area contributed by atoms with E-state index in [9.17, 15) is 4.79 Å². The number of aromatic nitrogens is 2. The third-order valence-corrected chi connectivity index (χ3v) is 2.63. The number of fused-ring (bicyclic) bond motifs is 1. The van der Waals surface area contributed by atoms with Crippen molar-refractivity contribution in [1.29, 1.82) is 0 Å². The van der Waals surface area contributed by atoms with Gasteiger partial charge in [0.05, 0.1) is 11.4 Å². The maximum absolute atomic E-state index is 11.8. The Bertz CT molecular complexity index is 638. The molecule has 1 heterocycles. The molecule has 0 bridgehead atoms. The molecule has 0 aliphatic carbocycles. The molecule has 0 saturated carbocycles. The van der Waals surface area contributed by atoms with Crippen LogP contribution in [0, 0.1) is 0 Å². The van der Waals surface area contributed by atoms with Gasteiger partial charge in [0.1, 0.15) is 17.2 Å². The van der Waals surface area contributed by atoms with Gasteiger partial charge in [0.15, 0.2) is 0 Å². The van der Waals surface area contributed by atoms with Gasteiger partial charge in [-0.25, -0.2) is 14.8 Å². The van der Waals surface area contributed by atoms with E-state index in [0.29, 0.717) is 11.6 Å². The largest absolute Gasteiger partial charge is 0.444 e. The highest BCUT2D eigenvalue weighted by atomic mass is 35.5. The third kappa shape index (κ3) is 3.57. The van der Waals surface area contributed by atoms with Crippen molar-refractivity contribution < 1.29 is 9.53 Å². The molecule has 0 fully saturated rings. The number of hydrogen-bond donors (Lipinski definition) is 1. The van der Waals surface area contributed by atoms with Gasteiger partial charge in [-0.2, -0.15) is 0 Å². The summed E-state index contributed by atoms with van der Waals surface area (Å²) in [4.78, 5) is 20.4. The normalized spacial score (nSPS) is 11.4. The van der Waals surface area contributed by atoms with Gasteiger partial charge in [-0.05, 0) is 32.9 Å². The average molecular weight is 294 g/mol. The highest BCUT2D eigenvalue weighted by molar-refractivity contribution is 6.16. The summed E-state index contributed by atoms with van der Waals surface area (Å²) in [5.41, 5.74) is 0.159. The van der Waals surface area contributed by atoms with Crippen LogP contribution in [0.1, 0.15) is 26.6 Å². The zero-order valence-corrected chi connectivity index (χ0v) is 12.4. The Morgan fingerprint density at radius 3 is 2.65 bits per heavy atom. The molecule has 0 atom stereocenters. The molecular weight excluding hydrogens is 278 g/mol. The van der Waals surface area contributed by atoms with Crippen molar-refractivity contribution in [2.75, 3.05) is 5.32 Å². The van der Waals surface area contributed by atoms with Crippen LogP contribution < -0.4 is 5.32 Å². The number of carbonyl (C=O) groups is 1. The molecule has 106 valence electrons. The van der Waals surface area contributed by atoms with Gasteiger partial charge in [-0.1, -0.05) is 12.1 Å². The summed E-state index contributed by atoms with van der Waals surface area (Å²) < 4.78 is 5.22. The summed E-state index contributed by atoms with van der Waals surface area (Å²) in [5, 5.41) is 3.39. The number of rotatable bonds is 2. The van der Waals surface area contributed by atoms with E-state index in [-0.39, 0.29) is 5.88 Å². The second kappa shape index (κ2) is 5.63. The van der Waals surface area contributed by atoms with E-state index in [1.807, 2.05) is 24.3 Å². The summed E-state index contributed by atoms with van der Waals surface area (Å²) in [7, 11) is 0. The molecule has 20 heavy (non-hydrogen) atoms. The lowest BCUT2D eigenvalue weighted by molar-refractivity contribution is 0.0635. The maximum atomic E-state index is 11.8. The number of amides is 1. The Morgan fingerprint density at radius 2 is 2.00 bits per heavy atom. The van der Waals surface area contributed by atoms with Gasteiger partial charge >= 0.3 is 6.09 Å². The lowest BCUT2D eigenvalue weighted by Crippen LogP contribution is -2.27. The smallest absolute Gasteiger partial charge is 0.413 e. The van der Waals surface area contributed by atoms with Crippen molar-refractivity contribution in [2.24, 2.45) is 0 Å². The summed E-state index contributed by atoms with van der Waals surface area (Å²) >= 11 is 5.77. The maximum Gasteiger partial charge on any atom is 0.413 e. The Labute approximate surface area is 122 Å². The number of nitrogens with zero attached hydrogens (tertiary/aromatic N) is 2. The highest BCUT2D eigenvalue weighted by Gasteiger charge is 2.18. The number of halogens is 1. The summed E-state index contributed by atoms with van der Waals surface area (Å²) in [6.07, 6.45) is -0.554. The SMILES string of the molecule is CC(C)(C)OC(=O)Nc1nc(CCl)nc2ccccc12. The van der Waals surface area contributed by atoms with Gasteiger partial charge in [-0.3, -0.25) is 5.32 Å². The monoisotopic (exact) mass is 293 g/mol. The number of ether oxygens (including phenoxy) is 1. The molecule has 2 aromatic rings. The van der Waals surface area contributed by atoms with Crippen molar-refractivity contribution in [1.82, 2.24) is 9.97 Å². The first kappa shape index (κ1) is 14.5. The fourth-order valence-corrected chi connectivity index (χ4v) is 1.80. The molecule has 2 rings (SSSR count). The van der Waals surface area contributed by atoms with E-state index in [0.717, 1.165) is 10.9 Å². The number of para-hydroxylation sites is 1. The second-order valence-corrected chi connectivity index (χ2v) is 5.53. The van der Waals surface area contributed by atoms with Crippen LogP contribution in [0.3, 0.4) is 0 Å². The van der Waals surface area contributed by atoms with E-state index in [2.05, 4.69) is 15.3 Å². The Morgan fingerprint density at radius 1 is 1.30 bits per heavy atom. The molecule has 5 nitrogen and oxygen atoms in total. The van der Waals surface area contributed by atoms with Crippen molar-refractivity contribution in [2.45, 2.75) is 32.3 Å². The number of nitrogens with one attached hydrogen (secondary N) is 1. The fourth-order valence-electron chi connectivity index (χ4n) is 1.68. The quantitative estimate of drug-likeness (QED) is 0.857. The molecule has 0 radical (unpaired) electrons. The van der Waals surface area contributed by atoms with Gasteiger partial charge in [0, 0.05) is 5.39 Å². The molecule has 1 amide bonds. The molecule has 1 aromatic carbocycles. The van der Waals surface area contributed by atoms with Crippen LogP contribution in [0.25, 0.3) is 10.9 Å². The van der Waals surface area contributed by atoms with Gasteiger partial charge in [0.2, 0.25) is 0 Å². The Kier molecular flexibility index (Phi) is 4.09. The first-order chi connectivity index (χ1) is 9.39. The topological polar surface area (TPSA) is 64.1 Å². The zero-order valence-electron chi connectivity index (χ0n) is 11.6. The van der Waals surface area contributed by atoms with Gasteiger partial charge in [0.25, 0.3) is 0 Å². The minimum Gasteiger partial charge on any atom is -0.444 e. The predicted octanol–water partition coefficient (Wildman–Crippen LogP) is 3.72. The summed E-state index contributed by atoms with van der Waals surface area (Å²) in [6, 6.07) is 7.39. The summed E-state index contributed by atoms with van der Waals surface area (Å²) in [6.45, 7) is 5.40. The molecule has 0 spiro atoms. The molecule has 0 saturated heterocycles. The van der Waals surface area contributed by atoms with Crippen molar-refractivity contribution >= 4 is 34.4 Å². The van der Waals surface area contributed by atoms with Crippen LogP contribution in [-0.4, -0.2) is 21.7 Å². The zero-order chi connectivity index (χ0) is 14.8. The standard InChI is InChI=1S/C14H16ClN3O2/c1-14(2,3)20-13(19)18-12-9-6-4-5-7-10(9)16-11(8-15)17-12/h4-7H,8H2,1-3H3,(H,16,17,18,19). The average Bonchev–Trinajstić information content (AvgIpc) is 2.36. The van der Waals surface area contributed by atoms with Crippen molar-refractivity contribution in [3.63, 3.8) is 0 Å². The molecular formula is C14H16ClN3O2. The molecule has 0 aliphatic rings. The highest BCUT2D eigenvalue weighted by Crippen LogP contribution is 2.21. The second-order valence-electron chi connectivity index (χ2n) is 5.27. The molecule has 0 unspecified atom stereocenters. The van der Waals surface area contributed by atoms with E-state index < -0.39 is 11.7 Å². The first-order valence-electron chi connectivity index (χ1n) is 6.20. The van der Waals surface area contributed by atoms with Gasteiger partial charge in [-0.15, -0.1) is 11.6 Å². The van der Waals surface area contributed by atoms with Crippen LogP contribution in [0.2, 0.25) is 0 Å². The number of benzene rings is 1. The lowest BCUT2D eigenvalue weighted by atomic mass is 10.2. The number of anilines is 1.